The molecule has 16 heavy (non-hydrogen) atoms. The summed E-state index contributed by atoms with van der Waals surface area (Å²) in [6.45, 7) is 7.28. The number of rotatable bonds is 7. The van der Waals surface area contributed by atoms with Crippen molar-refractivity contribution in [1.82, 2.24) is 10.6 Å². The van der Waals surface area contributed by atoms with Gasteiger partial charge in [0, 0.05) is 26.2 Å². The molecule has 3 N–H and O–H groups in total. The SMILES string of the molecule is Cc1ccccc1CNCCNC[C@@H](C)O. The predicted octanol–water partition coefficient (Wildman–Crippen LogP) is 1.06. The van der Waals surface area contributed by atoms with Crippen molar-refractivity contribution in [3.05, 3.63) is 35.4 Å². The fourth-order valence-corrected chi connectivity index (χ4v) is 1.52. The van der Waals surface area contributed by atoms with E-state index in [1.54, 1.807) is 6.92 Å². The van der Waals surface area contributed by atoms with Crippen molar-refractivity contribution in [3.8, 4) is 0 Å². The Hall–Kier alpha value is -0.900. The molecule has 3 heteroatoms. The summed E-state index contributed by atoms with van der Waals surface area (Å²) in [7, 11) is 0. The maximum absolute atomic E-state index is 9.04. The molecule has 0 aromatic heterocycles. The quantitative estimate of drug-likeness (QED) is 0.604. The van der Waals surface area contributed by atoms with Gasteiger partial charge in [-0.2, -0.15) is 0 Å². The number of benzene rings is 1. The van der Waals surface area contributed by atoms with E-state index in [-0.39, 0.29) is 6.10 Å². The lowest BCUT2D eigenvalue weighted by atomic mass is 10.1. The van der Waals surface area contributed by atoms with Crippen LogP contribution < -0.4 is 10.6 Å². The molecule has 0 spiro atoms. The third-order valence-corrected chi connectivity index (χ3v) is 2.50. The summed E-state index contributed by atoms with van der Waals surface area (Å²) < 4.78 is 0. The number of aliphatic hydroxyl groups is 1. The Balaban J connectivity index is 2.10. The zero-order valence-corrected chi connectivity index (χ0v) is 10.2. The molecule has 0 saturated carbocycles. The molecule has 0 radical (unpaired) electrons. The standard InChI is InChI=1S/C13H22N2O/c1-11-5-3-4-6-13(11)10-15-8-7-14-9-12(2)16/h3-6,12,14-16H,7-10H2,1-2H3/t12-/m1/s1. The number of aliphatic hydroxyl groups excluding tert-OH is 1. The Morgan fingerprint density at radius 1 is 1.19 bits per heavy atom. The molecule has 1 rings (SSSR count). The van der Waals surface area contributed by atoms with Gasteiger partial charge in [-0.25, -0.2) is 0 Å². The normalized spacial score (nSPS) is 12.7. The lowest BCUT2D eigenvalue weighted by molar-refractivity contribution is 0.191. The first-order valence-electron chi connectivity index (χ1n) is 5.84. The molecular weight excluding hydrogens is 200 g/mol. The van der Waals surface area contributed by atoms with Gasteiger partial charge >= 0.3 is 0 Å². The van der Waals surface area contributed by atoms with E-state index in [9.17, 15) is 0 Å². The molecule has 1 atom stereocenters. The van der Waals surface area contributed by atoms with Gasteiger partial charge < -0.3 is 15.7 Å². The fraction of sp³-hybridized carbons (Fsp3) is 0.538. The second-order valence-electron chi connectivity index (χ2n) is 4.16. The van der Waals surface area contributed by atoms with Gasteiger partial charge in [0.1, 0.15) is 0 Å². The van der Waals surface area contributed by atoms with E-state index in [2.05, 4.69) is 41.8 Å². The van der Waals surface area contributed by atoms with Crippen LogP contribution in [0.5, 0.6) is 0 Å². The largest absolute Gasteiger partial charge is 0.392 e. The molecular formula is C13H22N2O. The summed E-state index contributed by atoms with van der Waals surface area (Å²) in [5.74, 6) is 0. The lowest BCUT2D eigenvalue weighted by Crippen LogP contribution is -2.31. The van der Waals surface area contributed by atoms with Gasteiger partial charge in [0.25, 0.3) is 0 Å². The van der Waals surface area contributed by atoms with Crippen LogP contribution in [0.2, 0.25) is 0 Å². The van der Waals surface area contributed by atoms with Gasteiger partial charge in [0.2, 0.25) is 0 Å². The van der Waals surface area contributed by atoms with Crippen molar-refractivity contribution in [3.63, 3.8) is 0 Å². The zero-order valence-electron chi connectivity index (χ0n) is 10.2. The van der Waals surface area contributed by atoms with Crippen LogP contribution in [-0.2, 0) is 6.54 Å². The molecule has 0 bridgehead atoms. The van der Waals surface area contributed by atoms with Gasteiger partial charge in [-0.1, -0.05) is 24.3 Å². The molecule has 0 aliphatic carbocycles. The molecule has 0 aliphatic heterocycles. The van der Waals surface area contributed by atoms with E-state index < -0.39 is 0 Å². The highest BCUT2D eigenvalue weighted by Crippen LogP contribution is 2.05. The maximum atomic E-state index is 9.04. The van der Waals surface area contributed by atoms with E-state index >= 15 is 0 Å². The predicted molar refractivity (Wildman–Crippen MR) is 67.4 cm³/mol. The van der Waals surface area contributed by atoms with Crippen LogP contribution in [0.15, 0.2) is 24.3 Å². The van der Waals surface area contributed by atoms with Gasteiger partial charge in [0.05, 0.1) is 6.10 Å². The highest BCUT2D eigenvalue weighted by atomic mass is 16.3. The summed E-state index contributed by atoms with van der Waals surface area (Å²) in [6, 6.07) is 8.40. The number of hydrogen-bond acceptors (Lipinski definition) is 3. The van der Waals surface area contributed by atoms with Gasteiger partial charge in [-0.3, -0.25) is 0 Å². The molecule has 0 aliphatic rings. The molecule has 3 nitrogen and oxygen atoms in total. The minimum Gasteiger partial charge on any atom is -0.392 e. The first-order chi connectivity index (χ1) is 7.70. The topological polar surface area (TPSA) is 44.3 Å². The first-order valence-corrected chi connectivity index (χ1v) is 5.84. The number of hydrogen-bond donors (Lipinski definition) is 3. The minimum absolute atomic E-state index is 0.267. The van der Waals surface area contributed by atoms with Gasteiger partial charge in [-0.05, 0) is 25.0 Å². The van der Waals surface area contributed by atoms with Crippen molar-refractivity contribution >= 4 is 0 Å². The Bertz CT molecular complexity index is 300. The average molecular weight is 222 g/mol. The highest BCUT2D eigenvalue weighted by Gasteiger charge is 1.96. The molecule has 0 heterocycles. The van der Waals surface area contributed by atoms with Crippen molar-refractivity contribution in [2.75, 3.05) is 19.6 Å². The Morgan fingerprint density at radius 2 is 1.88 bits per heavy atom. The maximum Gasteiger partial charge on any atom is 0.0636 e. The second kappa shape index (κ2) is 7.39. The smallest absolute Gasteiger partial charge is 0.0636 e. The molecule has 0 fully saturated rings. The van der Waals surface area contributed by atoms with Crippen LogP contribution in [0.25, 0.3) is 0 Å². The van der Waals surface area contributed by atoms with E-state index in [4.69, 9.17) is 5.11 Å². The summed E-state index contributed by atoms with van der Waals surface area (Å²) in [5, 5.41) is 15.6. The second-order valence-corrected chi connectivity index (χ2v) is 4.16. The number of aryl methyl sites for hydroxylation is 1. The van der Waals surface area contributed by atoms with Crippen LogP contribution in [-0.4, -0.2) is 30.8 Å². The summed E-state index contributed by atoms with van der Waals surface area (Å²) in [6.07, 6.45) is -0.267. The highest BCUT2D eigenvalue weighted by molar-refractivity contribution is 5.25. The van der Waals surface area contributed by atoms with Crippen molar-refractivity contribution in [1.29, 1.82) is 0 Å². The van der Waals surface area contributed by atoms with Crippen molar-refractivity contribution in [2.45, 2.75) is 26.5 Å². The molecule has 1 aromatic carbocycles. The zero-order chi connectivity index (χ0) is 11.8. The summed E-state index contributed by atoms with van der Waals surface area (Å²) in [4.78, 5) is 0. The average Bonchev–Trinajstić information content (AvgIpc) is 2.25. The third-order valence-electron chi connectivity index (χ3n) is 2.50. The minimum atomic E-state index is -0.267. The molecule has 1 aromatic rings. The molecule has 0 unspecified atom stereocenters. The summed E-state index contributed by atoms with van der Waals surface area (Å²) in [5.41, 5.74) is 2.67. The van der Waals surface area contributed by atoms with Crippen LogP contribution in [0, 0.1) is 6.92 Å². The van der Waals surface area contributed by atoms with E-state index in [0.717, 1.165) is 19.6 Å². The van der Waals surface area contributed by atoms with E-state index in [1.165, 1.54) is 11.1 Å². The Morgan fingerprint density at radius 3 is 2.56 bits per heavy atom. The fourth-order valence-electron chi connectivity index (χ4n) is 1.52. The van der Waals surface area contributed by atoms with Crippen molar-refractivity contribution < 1.29 is 5.11 Å². The van der Waals surface area contributed by atoms with E-state index in [1.807, 2.05) is 0 Å². The Labute approximate surface area is 97.9 Å². The summed E-state index contributed by atoms with van der Waals surface area (Å²) >= 11 is 0. The van der Waals surface area contributed by atoms with Crippen LogP contribution in [0.3, 0.4) is 0 Å². The van der Waals surface area contributed by atoms with Crippen molar-refractivity contribution in [2.24, 2.45) is 0 Å². The van der Waals surface area contributed by atoms with Gasteiger partial charge in [0.15, 0.2) is 0 Å². The van der Waals surface area contributed by atoms with Crippen LogP contribution in [0.4, 0.5) is 0 Å². The molecule has 90 valence electrons. The monoisotopic (exact) mass is 222 g/mol. The van der Waals surface area contributed by atoms with E-state index in [0.29, 0.717) is 6.54 Å². The lowest BCUT2D eigenvalue weighted by Gasteiger charge is -2.09. The molecule has 0 amide bonds. The van der Waals surface area contributed by atoms with Gasteiger partial charge in [-0.15, -0.1) is 0 Å². The Kier molecular flexibility index (Phi) is 6.08. The molecule has 0 saturated heterocycles. The first kappa shape index (κ1) is 13.2. The van der Waals surface area contributed by atoms with Crippen LogP contribution in [0.1, 0.15) is 18.1 Å². The van der Waals surface area contributed by atoms with Crippen LogP contribution >= 0.6 is 0 Å². The third kappa shape index (κ3) is 5.26. The number of nitrogens with one attached hydrogen (secondary N) is 2.